The molecule has 5 rings (SSSR count). The summed E-state index contributed by atoms with van der Waals surface area (Å²) in [6, 6.07) is 12.7. The Bertz CT molecular complexity index is 1260. The zero-order valence-electron chi connectivity index (χ0n) is 18.0. The van der Waals surface area contributed by atoms with Crippen molar-refractivity contribution in [2.75, 3.05) is 13.1 Å². The van der Waals surface area contributed by atoms with Crippen LogP contribution in [0, 0.1) is 5.92 Å². The number of carbonyl (C=O) groups is 1. The van der Waals surface area contributed by atoms with Gasteiger partial charge in [-0.05, 0) is 43.4 Å². The lowest BCUT2D eigenvalue weighted by molar-refractivity contribution is -0.134. The van der Waals surface area contributed by atoms with Gasteiger partial charge in [-0.15, -0.1) is 5.10 Å². The fourth-order valence-electron chi connectivity index (χ4n) is 5.14. The Kier molecular flexibility index (Phi) is 5.59. The number of amides is 1. The highest BCUT2D eigenvalue weighted by Crippen LogP contribution is 2.35. The lowest BCUT2D eigenvalue weighted by Gasteiger charge is -2.42. The van der Waals surface area contributed by atoms with Gasteiger partial charge in [-0.1, -0.05) is 29.8 Å². The SMILES string of the molecule is O=C(CCCCCn1nnc2ccccc2c1=O)N1CC2CC(C1)c1cccc(=O)n1C2. The summed E-state index contributed by atoms with van der Waals surface area (Å²) in [4.78, 5) is 39.5. The van der Waals surface area contributed by atoms with E-state index < -0.39 is 0 Å². The first kappa shape index (κ1) is 20.6. The molecule has 2 aromatic heterocycles. The summed E-state index contributed by atoms with van der Waals surface area (Å²) >= 11 is 0. The van der Waals surface area contributed by atoms with Crippen LogP contribution in [0.5, 0.6) is 0 Å². The molecule has 2 atom stereocenters. The van der Waals surface area contributed by atoms with Crippen LogP contribution in [0.4, 0.5) is 0 Å². The summed E-state index contributed by atoms with van der Waals surface area (Å²) in [6.45, 7) is 2.64. The molecule has 0 radical (unpaired) electrons. The van der Waals surface area contributed by atoms with Crippen LogP contribution in [-0.4, -0.2) is 43.5 Å². The summed E-state index contributed by atoms with van der Waals surface area (Å²) in [5, 5.41) is 8.72. The topological polar surface area (TPSA) is 90.1 Å². The number of fused-ring (bicyclic) bond motifs is 5. The molecule has 0 saturated carbocycles. The van der Waals surface area contributed by atoms with E-state index in [2.05, 4.69) is 10.3 Å². The molecule has 0 N–H and O–H groups in total. The van der Waals surface area contributed by atoms with Crippen LogP contribution in [0.15, 0.2) is 52.1 Å². The van der Waals surface area contributed by atoms with E-state index in [0.29, 0.717) is 42.9 Å². The molecule has 8 heteroatoms. The second-order valence-corrected chi connectivity index (χ2v) is 8.94. The fraction of sp³-hybridized carbons (Fsp3) is 0.458. The molecule has 4 heterocycles. The molecule has 2 unspecified atom stereocenters. The Balaban J connectivity index is 1.12. The standard InChI is InChI=1S/C24H27N5O3/c30-22(27-14-17-13-18(16-27)21-9-6-11-23(31)28(21)15-17)10-2-1-5-12-29-24(32)19-7-3-4-8-20(19)25-26-29/h3-4,6-9,11,17-18H,1-2,5,10,12-16H2. The normalized spacial score (nSPS) is 19.7. The molecule has 3 aromatic rings. The summed E-state index contributed by atoms with van der Waals surface area (Å²) in [5.74, 6) is 0.788. The highest BCUT2D eigenvalue weighted by molar-refractivity contribution is 5.77. The van der Waals surface area contributed by atoms with Gasteiger partial charge in [-0.2, -0.15) is 0 Å². The number of hydrogen-bond acceptors (Lipinski definition) is 5. The van der Waals surface area contributed by atoms with Gasteiger partial charge in [-0.3, -0.25) is 14.4 Å². The highest BCUT2D eigenvalue weighted by atomic mass is 16.2. The van der Waals surface area contributed by atoms with E-state index in [1.807, 2.05) is 33.7 Å². The van der Waals surface area contributed by atoms with Gasteiger partial charge < -0.3 is 9.47 Å². The van der Waals surface area contributed by atoms with Gasteiger partial charge in [0, 0.05) is 50.3 Å². The maximum Gasteiger partial charge on any atom is 0.277 e. The van der Waals surface area contributed by atoms with Crippen molar-refractivity contribution in [2.24, 2.45) is 5.92 Å². The highest BCUT2D eigenvalue weighted by Gasteiger charge is 2.35. The van der Waals surface area contributed by atoms with Crippen LogP contribution >= 0.6 is 0 Å². The van der Waals surface area contributed by atoms with Crippen LogP contribution in [0.1, 0.15) is 43.7 Å². The molecule has 0 aliphatic carbocycles. The van der Waals surface area contributed by atoms with Crippen molar-refractivity contribution < 1.29 is 4.79 Å². The first-order chi connectivity index (χ1) is 15.6. The molecule has 2 aliphatic rings. The van der Waals surface area contributed by atoms with E-state index in [4.69, 9.17) is 0 Å². The maximum atomic E-state index is 12.8. The van der Waals surface area contributed by atoms with Gasteiger partial charge in [0.1, 0.15) is 5.52 Å². The Morgan fingerprint density at radius 1 is 0.969 bits per heavy atom. The minimum atomic E-state index is -0.120. The van der Waals surface area contributed by atoms with Crippen LogP contribution in [0.25, 0.3) is 10.9 Å². The number of carbonyl (C=O) groups excluding carboxylic acids is 1. The first-order valence-electron chi connectivity index (χ1n) is 11.4. The zero-order chi connectivity index (χ0) is 22.1. The van der Waals surface area contributed by atoms with Gasteiger partial charge in [-0.25, -0.2) is 4.68 Å². The molecule has 1 aromatic carbocycles. The van der Waals surface area contributed by atoms with Crippen molar-refractivity contribution in [3.05, 3.63) is 68.9 Å². The third-order valence-corrected chi connectivity index (χ3v) is 6.72. The Morgan fingerprint density at radius 3 is 2.75 bits per heavy atom. The molecule has 0 spiro atoms. The molecule has 2 bridgehead atoms. The van der Waals surface area contributed by atoms with E-state index in [1.165, 1.54) is 4.68 Å². The van der Waals surface area contributed by atoms with Gasteiger partial charge in [0.15, 0.2) is 0 Å². The number of likely N-dealkylation sites (tertiary alicyclic amines) is 1. The molecule has 1 saturated heterocycles. The maximum absolute atomic E-state index is 12.8. The first-order valence-corrected chi connectivity index (χ1v) is 11.4. The van der Waals surface area contributed by atoms with E-state index in [0.717, 1.165) is 37.9 Å². The quantitative estimate of drug-likeness (QED) is 0.556. The Morgan fingerprint density at radius 2 is 1.84 bits per heavy atom. The third-order valence-electron chi connectivity index (χ3n) is 6.72. The smallest absolute Gasteiger partial charge is 0.277 e. The number of benzene rings is 1. The molecule has 1 amide bonds. The second kappa shape index (κ2) is 8.68. The van der Waals surface area contributed by atoms with E-state index in [9.17, 15) is 14.4 Å². The average molecular weight is 434 g/mol. The summed E-state index contributed by atoms with van der Waals surface area (Å²) in [6.07, 6.45) is 3.98. The van der Waals surface area contributed by atoms with Crippen molar-refractivity contribution in [2.45, 2.75) is 51.1 Å². The fourth-order valence-corrected chi connectivity index (χ4v) is 5.14. The third kappa shape index (κ3) is 3.97. The van der Waals surface area contributed by atoms with E-state index in [1.54, 1.807) is 18.2 Å². The van der Waals surface area contributed by atoms with Gasteiger partial charge in [0.2, 0.25) is 5.91 Å². The number of pyridine rings is 1. The van der Waals surface area contributed by atoms with Crippen LogP contribution in [0.2, 0.25) is 0 Å². The minimum Gasteiger partial charge on any atom is -0.342 e. The minimum absolute atomic E-state index is 0.0622. The van der Waals surface area contributed by atoms with Crippen molar-refractivity contribution in [1.29, 1.82) is 0 Å². The molecular formula is C24H27N5O3. The number of unbranched alkanes of at least 4 members (excludes halogenated alkanes) is 2. The molecule has 2 aliphatic heterocycles. The molecule has 32 heavy (non-hydrogen) atoms. The molecule has 8 nitrogen and oxygen atoms in total. The van der Waals surface area contributed by atoms with Crippen LogP contribution in [0.3, 0.4) is 0 Å². The largest absolute Gasteiger partial charge is 0.342 e. The Labute approximate surface area is 185 Å². The Hall–Kier alpha value is -3.29. The van der Waals surface area contributed by atoms with Gasteiger partial charge >= 0.3 is 0 Å². The summed E-state index contributed by atoms with van der Waals surface area (Å²) in [7, 11) is 0. The number of nitrogens with zero attached hydrogens (tertiary/aromatic N) is 5. The van der Waals surface area contributed by atoms with Crippen molar-refractivity contribution >= 4 is 16.8 Å². The number of aromatic nitrogens is 4. The number of hydrogen-bond donors (Lipinski definition) is 0. The lowest BCUT2D eigenvalue weighted by Crippen LogP contribution is -2.49. The van der Waals surface area contributed by atoms with Crippen molar-refractivity contribution in [1.82, 2.24) is 24.5 Å². The predicted molar refractivity (Wildman–Crippen MR) is 120 cm³/mol. The second-order valence-electron chi connectivity index (χ2n) is 8.94. The van der Waals surface area contributed by atoms with Gasteiger partial charge in [0.05, 0.1) is 5.39 Å². The predicted octanol–water partition coefficient (Wildman–Crippen LogP) is 2.16. The van der Waals surface area contributed by atoms with E-state index >= 15 is 0 Å². The van der Waals surface area contributed by atoms with Crippen LogP contribution in [-0.2, 0) is 17.9 Å². The number of rotatable bonds is 6. The zero-order valence-corrected chi connectivity index (χ0v) is 18.0. The average Bonchev–Trinajstić information content (AvgIpc) is 2.81. The summed E-state index contributed by atoms with van der Waals surface area (Å²) in [5.41, 5.74) is 1.62. The number of piperidine rings is 1. The van der Waals surface area contributed by atoms with Crippen LogP contribution < -0.4 is 11.1 Å². The summed E-state index contributed by atoms with van der Waals surface area (Å²) < 4.78 is 3.30. The van der Waals surface area contributed by atoms with E-state index in [-0.39, 0.29) is 22.9 Å². The molecular weight excluding hydrogens is 406 g/mol. The monoisotopic (exact) mass is 433 g/mol. The van der Waals surface area contributed by atoms with Gasteiger partial charge in [0.25, 0.3) is 11.1 Å². The lowest BCUT2D eigenvalue weighted by atomic mass is 9.83. The molecule has 166 valence electrons. The number of aryl methyl sites for hydroxylation is 1. The molecule has 1 fully saturated rings. The van der Waals surface area contributed by atoms with Crippen molar-refractivity contribution in [3.8, 4) is 0 Å². The van der Waals surface area contributed by atoms with Crippen molar-refractivity contribution in [3.63, 3.8) is 0 Å².